The molecular formula is C25H28ClF3N4O4. The number of alkyl halides is 3. The Bertz CT molecular complexity index is 1220. The van der Waals surface area contributed by atoms with E-state index < -0.39 is 31.0 Å². The van der Waals surface area contributed by atoms with Gasteiger partial charge in [-0.25, -0.2) is 4.98 Å². The summed E-state index contributed by atoms with van der Waals surface area (Å²) in [4.78, 5) is 13.5. The Labute approximate surface area is 216 Å². The fourth-order valence-corrected chi connectivity index (χ4v) is 5.25. The van der Waals surface area contributed by atoms with Gasteiger partial charge in [0.25, 0.3) is 6.01 Å². The summed E-state index contributed by atoms with van der Waals surface area (Å²) < 4.78 is 49.2. The van der Waals surface area contributed by atoms with E-state index in [0.29, 0.717) is 54.2 Å². The number of halogens is 4. The van der Waals surface area contributed by atoms with Crippen molar-refractivity contribution in [3.63, 3.8) is 0 Å². The average Bonchev–Trinajstić information content (AvgIpc) is 3.24. The number of hydrogen-bond donors (Lipinski definition) is 3. The molecule has 8 nitrogen and oxygen atoms in total. The van der Waals surface area contributed by atoms with Crippen LogP contribution in [0.15, 0.2) is 30.3 Å². The molecule has 2 fully saturated rings. The minimum absolute atomic E-state index is 0.213. The number of imidazole rings is 1. The molecule has 2 aliphatic rings. The first kappa shape index (κ1) is 26.2. The summed E-state index contributed by atoms with van der Waals surface area (Å²) in [7, 11) is 0. The van der Waals surface area contributed by atoms with Gasteiger partial charge in [0.1, 0.15) is 12.2 Å². The third-order valence-electron chi connectivity index (χ3n) is 6.94. The van der Waals surface area contributed by atoms with Crippen molar-refractivity contribution in [2.45, 2.75) is 49.7 Å². The Morgan fingerprint density at radius 1 is 1.16 bits per heavy atom. The van der Waals surface area contributed by atoms with Crippen molar-refractivity contribution < 1.29 is 32.9 Å². The summed E-state index contributed by atoms with van der Waals surface area (Å²) in [5, 5.41) is 19.7. The predicted octanol–water partition coefficient (Wildman–Crippen LogP) is 3.91. The zero-order valence-corrected chi connectivity index (χ0v) is 20.7. The van der Waals surface area contributed by atoms with Crippen LogP contribution in [-0.4, -0.2) is 87.4 Å². The molecule has 0 aliphatic carbocycles. The predicted molar refractivity (Wildman–Crippen MR) is 131 cm³/mol. The van der Waals surface area contributed by atoms with Gasteiger partial charge in [-0.3, -0.25) is 4.90 Å². The molecule has 2 saturated heterocycles. The zero-order valence-electron chi connectivity index (χ0n) is 19.9. The first-order valence-corrected chi connectivity index (χ1v) is 12.6. The number of pyridine rings is 1. The number of benzene rings is 1. The Kier molecular flexibility index (Phi) is 7.60. The van der Waals surface area contributed by atoms with Crippen molar-refractivity contribution in [3.8, 4) is 17.3 Å². The highest BCUT2D eigenvalue weighted by Gasteiger charge is 2.33. The smallest absolute Gasteiger partial charge is 0.401 e. The molecule has 4 heterocycles. The second-order valence-corrected chi connectivity index (χ2v) is 10.0. The number of aliphatic hydroxyl groups is 2. The first-order valence-electron chi connectivity index (χ1n) is 12.2. The number of piperidine rings is 1. The van der Waals surface area contributed by atoms with Crippen LogP contribution in [0.5, 0.6) is 6.01 Å². The fraction of sp³-hybridized carbons (Fsp3) is 0.520. The summed E-state index contributed by atoms with van der Waals surface area (Å²) in [6.07, 6.45) is -4.38. The van der Waals surface area contributed by atoms with Crippen molar-refractivity contribution in [3.05, 3.63) is 40.9 Å². The standard InChI is InChI=1S/C25H28ClF3N4O4/c26-18-10-19-23(32-24(30-19)37-17-9-20(35)21(11-34)36-12-17)31-22(18)16-3-1-14(2-4-16)15-5-7-33(8-6-15)13-25(27,28)29/h1-4,10,15,17,20-21,34-35H,5-9,11-13H2,(H,30,31,32)/t17-,20+,21?/m1/s1. The first-order chi connectivity index (χ1) is 17.7. The monoisotopic (exact) mass is 540 g/mol. The van der Waals surface area contributed by atoms with Crippen LogP contribution in [0.3, 0.4) is 0 Å². The van der Waals surface area contributed by atoms with Crippen molar-refractivity contribution in [2.24, 2.45) is 0 Å². The van der Waals surface area contributed by atoms with Crippen LogP contribution in [-0.2, 0) is 4.74 Å². The van der Waals surface area contributed by atoms with E-state index in [4.69, 9.17) is 21.1 Å². The Balaban J connectivity index is 1.25. The number of ether oxygens (including phenoxy) is 2. The maximum atomic E-state index is 12.6. The number of nitrogens with one attached hydrogen (secondary N) is 1. The normalized spacial score (nSPS) is 24.0. The average molecular weight is 541 g/mol. The van der Waals surface area contributed by atoms with Gasteiger partial charge in [0.2, 0.25) is 0 Å². The van der Waals surface area contributed by atoms with E-state index in [9.17, 15) is 23.4 Å². The molecule has 3 N–H and O–H groups in total. The van der Waals surface area contributed by atoms with E-state index in [-0.39, 0.29) is 25.1 Å². The minimum atomic E-state index is -4.17. The van der Waals surface area contributed by atoms with Crippen molar-refractivity contribution in [1.82, 2.24) is 19.9 Å². The highest BCUT2D eigenvalue weighted by molar-refractivity contribution is 6.33. The molecule has 5 rings (SSSR count). The molecule has 3 aromatic rings. The number of nitrogens with zero attached hydrogens (tertiary/aromatic N) is 3. The molecule has 2 aliphatic heterocycles. The van der Waals surface area contributed by atoms with Crippen molar-refractivity contribution >= 4 is 22.8 Å². The van der Waals surface area contributed by atoms with Gasteiger partial charge in [-0.15, -0.1) is 0 Å². The second-order valence-electron chi connectivity index (χ2n) is 9.62. The number of H-pyrrole nitrogens is 1. The quantitative estimate of drug-likeness (QED) is 0.435. The topological polar surface area (TPSA) is 104 Å². The summed E-state index contributed by atoms with van der Waals surface area (Å²) >= 11 is 6.52. The van der Waals surface area contributed by atoms with E-state index in [2.05, 4.69) is 15.0 Å². The van der Waals surface area contributed by atoms with Gasteiger partial charge in [-0.1, -0.05) is 35.9 Å². The molecule has 0 spiro atoms. The number of fused-ring (bicyclic) bond motifs is 1. The lowest BCUT2D eigenvalue weighted by Gasteiger charge is -2.32. The molecule has 0 bridgehead atoms. The molecule has 3 atom stereocenters. The molecule has 0 amide bonds. The SMILES string of the molecule is OCC1OC[C@H](Oc2nc3nc(-c4ccc(C5CCN(CC(F)(F)F)CC5)cc4)c(Cl)cc3[nH]2)C[C@@H]1O. The van der Waals surface area contributed by atoms with E-state index in [1.165, 1.54) is 4.90 Å². The van der Waals surface area contributed by atoms with Crippen molar-refractivity contribution in [1.29, 1.82) is 0 Å². The third kappa shape index (κ3) is 6.18. The molecular weight excluding hydrogens is 513 g/mol. The number of aromatic amines is 1. The van der Waals surface area contributed by atoms with Crippen LogP contribution in [0.2, 0.25) is 5.02 Å². The second kappa shape index (κ2) is 10.7. The summed E-state index contributed by atoms with van der Waals surface area (Å²) in [5.41, 5.74) is 3.45. The maximum Gasteiger partial charge on any atom is 0.401 e. The van der Waals surface area contributed by atoms with Gasteiger partial charge < -0.3 is 24.7 Å². The van der Waals surface area contributed by atoms with Crippen LogP contribution in [0.4, 0.5) is 13.2 Å². The number of likely N-dealkylation sites (tertiary alicyclic amines) is 1. The van der Waals surface area contributed by atoms with Gasteiger partial charge in [-0.2, -0.15) is 18.2 Å². The Morgan fingerprint density at radius 3 is 2.54 bits per heavy atom. The van der Waals surface area contributed by atoms with E-state index >= 15 is 0 Å². The van der Waals surface area contributed by atoms with Gasteiger partial charge in [0, 0.05) is 12.0 Å². The zero-order chi connectivity index (χ0) is 26.2. The maximum absolute atomic E-state index is 12.6. The third-order valence-corrected chi connectivity index (χ3v) is 7.23. The van der Waals surface area contributed by atoms with Gasteiger partial charge in [0.15, 0.2) is 5.65 Å². The van der Waals surface area contributed by atoms with Gasteiger partial charge in [-0.05, 0) is 43.5 Å². The molecule has 37 heavy (non-hydrogen) atoms. The summed E-state index contributed by atoms with van der Waals surface area (Å²) in [6.45, 7) is -0.0504. The number of rotatable bonds is 6. The van der Waals surface area contributed by atoms with E-state index in [1.54, 1.807) is 6.07 Å². The van der Waals surface area contributed by atoms with Gasteiger partial charge >= 0.3 is 6.18 Å². The van der Waals surface area contributed by atoms with Crippen molar-refractivity contribution in [2.75, 3.05) is 32.8 Å². The Hall–Kier alpha value is -2.44. The van der Waals surface area contributed by atoms with Crippen LogP contribution in [0, 0.1) is 0 Å². The number of hydrogen-bond acceptors (Lipinski definition) is 7. The number of aromatic nitrogens is 3. The molecule has 1 unspecified atom stereocenters. The van der Waals surface area contributed by atoms with Crippen LogP contribution < -0.4 is 4.74 Å². The van der Waals surface area contributed by atoms with E-state index in [0.717, 1.165) is 11.1 Å². The molecule has 200 valence electrons. The molecule has 1 aromatic carbocycles. The minimum Gasteiger partial charge on any atom is -0.459 e. The lowest BCUT2D eigenvalue weighted by molar-refractivity contribution is -0.147. The van der Waals surface area contributed by atoms with E-state index in [1.807, 2.05) is 24.3 Å². The lowest BCUT2D eigenvalue weighted by atomic mass is 9.89. The number of aliphatic hydroxyl groups excluding tert-OH is 2. The molecule has 12 heteroatoms. The van der Waals surface area contributed by atoms with Crippen LogP contribution in [0.25, 0.3) is 22.4 Å². The van der Waals surface area contributed by atoms with Gasteiger partial charge in [0.05, 0.1) is 42.1 Å². The van der Waals surface area contributed by atoms with Crippen LogP contribution in [0.1, 0.15) is 30.7 Å². The largest absolute Gasteiger partial charge is 0.459 e. The van der Waals surface area contributed by atoms with Crippen LogP contribution >= 0.6 is 11.6 Å². The summed E-state index contributed by atoms with van der Waals surface area (Å²) in [6, 6.07) is 9.74. The summed E-state index contributed by atoms with van der Waals surface area (Å²) in [5.74, 6) is 0.213. The highest BCUT2D eigenvalue weighted by atomic mass is 35.5. The molecule has 2 aromatic heterocycles. The highest BCUT2D eigenvalue weighted by Crippen LogP contribution is 2.33. The molecule has 0 radical (unpaired) electrons. The molecule has 0 saturated carbocycles. The fourth-order valence-electron chi connectivity index (χ4n) is 4.99. The Morgan fingerprint density at radius 2 is 1.89 bits per heavy atom. The lowest BCUT2D eigenvalue weighted by Crippen LogP contribution is -2.45.